The molecule has 0 unspecified atom stereocenters. The molecule has 7 heteroatoms. The van der Waals surface area contributed by atoms with Gasteiger partial charge in [0.2, 0.25) is 0 Å². The van der Waals surface area contributed by atoms with E-state index < -0.39 is 0 Å². The number of nitrogens with zero attached hydrogens (tertiary/aromatic N) is 3. The van der Waals surface area contributed by atoms with Crippen molar-refractivity contribution in [2.75, 3.05) is 5.43 Å². The van der Waals surface area contributed by atoms with Crippen LogP contribution in [-0.4, -0.2) is 15.0 Å². The van der Waals surface area contributed by atoms with Crippen LogP contribution in [0.25, 0.3) is 0 Å². The molecule has 0 aromatic carbocycles. The van der Waals surface area contributed by atoms with E-state index in [0.717, 1.165) is 22.2 Å². The van der Waals surface area contributed by atoms with Crippen molar-refractivity contribution in [1.29, 1.82) is 0 Å². The Hall–Kier alpha value is -1.37. The van der Waals surface area contributed by atoms with E-state index in [1.807, 2.05) is 19.9 Å². The number of rotatable bonds is 4. The second-order valence-electron chi connectivity index (χ2n) is 3.99. The van der Waals surface area contributed by atoms with Crippen molar-refractivity contribution in [3.05, 3.63) is 40.3 Å². The molecule has 0 atom stereocenters. The molecular formula is C12H14ClN5S. The second kappa shape index (κ2) is 6.18. The maximum absolute atomic E-state index is 6.10. The van der Waals surface area contributed by atoms with Gasteiger partial charge in [0.05, 0.1) is 10.7 Å². The summed E-state index contributed by atoms with van der Waals surface area (Å²) >= 11 is 7.59. The lowest BCUT2D eigenvalue weighted by atomic mass is 10.4. The predicted octanol–water partition coefficient (Wildman–Crippen LogP) is 2.72. The third kappa shape index (κ3) is 3.79. The van der Waals surface area contributed by atoms with Crippen molar-refractivity contribution >= 4 is 29.2 Å². The first kappa shape index (κ1) is 14.0. The number of hydrogen-bond acceptors (Lipinski definition) is 6. The van der Waals surface area contributed by atoms with E-state index >= 15 is 0 Å². The number of anilines is 1. The molecule has 2 heterocycles. The Kier molecular flexibility index (Phi) is 4.57. The molecule has 19 heavy (non-hydrogen) atoms. The number of hydrogen-bond donors (Lipinski definition) is 2. The van der Waals surface area contributed by atoms with Crippen LogP contribution in [0.15, 0.2) is 23.4 Å². The number of halogens is 1. The number of nitrogens with two attached hydrogens (primary N) is 1. The first-order valence-corrected chi connectivity index (χ1v) is 7.02. The van der Waals surface area contributed by atoms with Crippen LogP contribution >= 0.6 is 23.4 Å². The Morgan fingerprint density at radius 2 is 1.89 bits per heavy atom. The average molecular weight is 296 g/mol. The van der Waals surface area contributed by atoms with Crippen molar-refractivity contribution in [2.45, 2.75) is 24.8 Å². The Morgan fingerprint density at radius 3 is 2.53 bits per heavy atom. The molecule has 0 amide bonds. The van der Waals surface area contributed by atoms with Gasteiger partial charge in [-0.3, -0.25) is 0 Å². The van der Waals surface area contributed by atoms with Gasteiger partial charge in [-0.1, -0.05) is 23.4 Å². The zero-order valence-corrected chi connectivity index (χ0v) is 12.2. The molecule has 2 aromatic heterocycles. The fourth-order valence-corrected chi connectivity index (χ4v) is 2.71. The molecule has 0 bridgehead atoms. The quantitative estimate of drug-likeness (QED) is 0.391. The molecule has 3 N–H and O–H groups in total. The lowest BCUT2D eigenvalue weighted by Crippen LogP contribution is -2.09. The first-order valence-electron chi connectivity index (χ1n) is 5.65. The number of aryl methyl sites for hydroxylation is 2. The van der Waals surface area contributed by atoms with Crippen molar-refractivity contribution in [2.24, 2.45) is 5.84 Å². The van der Waals surface area contributed by atoms with Crippen LogP contribution < -0.4 is 11.3 Å². The van der Waals surface area contributed by atoms with Crippen LogP contribution in [-0.2, 0) is 5.75 Å². The second-order valence-corrected chi connectivity index (χ2v) is 5.34. The fourth-order valence-electron chi connectivity index (χ4n) is 1.56. The topological polar surface area (TPSA) is 76.7 Å². The van der Waals surface area contributed by atoms with Crippen molar-refractivity contribution < 1.29 is 0 Å². The van der Waals surface area contributed by atoms with Crippen LogP contribution in [0.4, 0.5) is 5.82 Å². The monoisotopic (exact) mass is 295 g/mol. The normalized spacial score (nSPS) is 10.5. The van der Waals surface area contributed by atoms with Crippen LogP contribution in [0.1, 0.15) is 17.1 Å². The highest BCUT2D eigenvalue weighted by Gasteiger charge is 2.07. The zero-order chi connectivity index (χ0) is 13.8. The number of thioether (sulfide) groups is 1. The van der Waals surface area contributed by atoms with E-state index in [0.29, 0.717) is 16.6 Å². The smallest absolute Gasteiger partial charge is 0.188 e. The van der Waals surface area contributed by atoms with Gasteiger partial charge in [-0.2, -0.15) is 0 Å². The van der Waals surface area contributed by atoms with Gasteiger partial charge in [-0.25, -0.2) is 20.8 Å². The van der Waals surface area contributed by atoms with Crippen LogP contribution in [0, 0.1) is 13.8 Å². The van der Waals surface area contributed by atoms with Gasteiger partial charge in [0.25, 0.3) is 0 Å². The summed E-state index contributed by atoms with van der Waals surface area (Å²) in [6.07, 6.45) is 0. The van der Waals surface area contributed by atoms with E-state index in [-0.39, 0.29) is 0 Å². The summed E-state index contributed by atoms with van der Waals surface area (Å²) in [5, 5.41) is 1.33. The highest BCUT2D eigenvalue weighted by atomic mass is 35.5. The number of nitrogen functional groups attached to an aromatic ring is 1. The van der Waals surface area contributed by atoms with E-state index in [1.54, 1.807) is 12.1 Å². The number of hydrazine groups is 1. The molecule has 0 saturated carbocycles. The van der Waals surface area contributed by atoms with Crippen molar-refractivity contribution in [3.8, 4) is 0 Å². The molecular weight excluding hydrogens is 282 g/mol. The number of pyridine rings is 1. The molecule has 0 aliphatic carbocycles. The molecule has 2 aromatic rings. The Bertz CT molecular complexity index is 570. The summed E-state index contributed by atoms with van der Waals surface area (Å²) in [6, 6.07) is 5.43. The van der Waals surface area contributed by atoms with Crippen molar-refractivity contribution in [1.82, 2.24) is 15.0 Å². The number of aromatic nitrogens is 3. The SMILES string of the molecule is Cc1cc(C)nc(SCc2nc(NN)ccc2Cl)n1. The summed E-state index contributed by atoms with van der Waals surface area (Å²) in [5.74, 6) is 6.51. The molecule has 0 aliphatic rings. The third-order valence-corrected chi connectivity index (χ3v) is 3.57. The van der Waals surface area contributed by atoms with E-state index in [2.05, 4.69) is 20.4 Å². The average Bonchev–Trinajstić information content (AvgIpc) is 2.37. The highest BCUT2D eigenvalue weighted by Crippen LogP contribution is 2.24. The molecule has 5 nitrogen and oxygen atoms in total. The minimum atomic E-state index is 0.585. The van der Waals surface area contributed by atoms with Crippen LogP contribution in [0.2, 0.25) is 5.02 Å². The van der Waals surface area contributed by atoms with Gasteiger partial charge in [0.15, 0.2) is 5.16 Å². The lowest BCUT2D eigenvalue weighted by molar-refractivity contribution is 0.901. The maximum atomic E-state index is 6.10. The van der Waals surface area contributed by atoms with Crippen molar-refractivity contribution in [3.63, 3.8) is 0 Å². The molecule has 0 fully saturated rings. The van der Waals surface area contributed by atoms with Crippen LogP contribution in [0.5, 0.6) is 0 Å². The highest BCUT2D eigenvalue weighted by molar-refractivity contribution is 7.98. The van der Waals surface area contributed by atoms with Gasteiger partial charge in [0.1, 0.15) is 5.82 Å². The minimum absolute atomic E-state index is 0.585. The summed E-state index contributed by atoms with van der Waals surface area (Å²) < 4.78 is 0. The zero-order valence-electron chi connectivity index (χ0n) is 10.6. The summed E-state index contributed by atoms with van der Waals surface area (Å²) in [6.45, 7) is 3.89. The molecule has 100 valence electrons. The van der Waals surface area contributed by atoms with E-state index in [9.17, 15) is 0 Å². The molecule has 0 saturated heterocycles. The molecule has 0 radical (unpaired) electrons. The van der Waals surface area contributed by atoms with Gasteiger partial charge in [-0.05, 0) is 32.0 Å². The summed E-state index contributed by atoms with van der Waals surface area (Å²) in [4.78, 5) is 13.0. The number of nitrogens with one attached hydrogen (secondary N) is 1. The standard InChI is InChI=1S/C12H14ClN5S/c1-7-5-8(2)16-12(15-7)19-6-10-9(13)3-4-11(17-10)18-14/h3-5H,6,14H2,1-2H3,(H,17,18). The molecule has 2 rings (SSSR count). The molecule has 0 spiro atoms. The van der Waals surface area contributed by atoms with Gasteiger partial charge in [0, 0.05) is 17.1 Å². The van der Waals surface area contributed by atoms with Gasteiger partial charge < -0.3 is 5.43 Å². The van der Waals surface area contributed by atoms with E-state index in [1.165, 1.54) is 11.8 Å². The summed E-state index contributed by atoms with van der Waals surface area (Å²) in [7, 11) is 0. The Labute approximate surface area is 121 Å². The minimum Gasteiger partial charge on any atom is -0.308 e. The molecule has 0 aliphatic heterocycles. The Morgan fingerprint density at radius 1 is 1.21 bits per heavy atom. The lowest BCUT2D eigenvalue weighted by Gasteiger charge is -2.06. The Balaban J connectivity index is 2.13. The van der Waals surface area contributed by atoms with E-state index in [4.69, 9.17) is 17.4 Å². The first-order chi connectivity index (χ1) is 9.08. The summed E-state index contributed by atoms with van der Waals surface area (Å²) in [5.41, 5.74) is 5.16. The van der Waals surface area contributed by atoms with Gasteiger partial charge in [-0.15, -0.1) is 0 Å². The third-order valence-electron chi connectivity index (χ3n) is 2.37. The fraction of sp³-hybridized carbons (Fsp3) is 0.250. The van der Waals surface area contributed by atoms with Crippen LogP contribution in [0.3, 0.4) is 0 Å². The predicted molar refractivity (Wildman–Crippen MR) is 78.1 cm³/mol. The largest absolute Gasteiger partial charge is 0.308 e. The van der Waals surface area contributed by atoms with Gasteiger partial charge >= 0.3 is 0 Å². The maximum Gasteiger partial charge on any atom is 0.188 e.